The van der Waals surface area contributed by atoms with Crippen LogP contribution in [0.1, 0.15) is 22.6 Å². The van der Waals surface area contributed by atoms with Gasteiger partial charge in [0.1, 0.15) is 5.69 Å². The van der Waals surface area contributed by atoms with Crippen molar-refractivity contribution in [2.45, 2.75) is 12.6 Å². The average molecular weight is 278 g/mol. The van der Waals surface area contributed by atoms with E-state index in [1.165, 1.54) is 0 Å². The predicted octanol–water partition coefficient (Wildman–Crippen LogP) is 1.12. The van der Waals surface area contributed by atoms with E-state index in [1.807, 2.05) is 19.0 Å². The molecule has 0 saturated carbocycles. The first-order valence-corrected chi connectivity index (χ1v) is 5.76. The number of nitrogens with one attached hydrogen (secondary N) is 1. The summed E-state index contributed by atoms with van der Waals surface area (Å²) in [4.78, 5) is 13.6. The van der Waals surface area contributed by atoms with Gasteiger partial charge in [0.05, 0.1) is 0 Å². The van der Waals surface area contributed by atoms with Crippen LogP contribution in [0.5, 0.6) is 0 Å². The van der Waals surface area contributed by atoms with Gasteiger partial charge in [-0.2, -0.15) is 18.3 Å². The molecule has 0 aliphatic heterocycles. The number of halogens is 3. The molecule has 0 atom stereocenters. The van der Waals surface area contributed by atoms with Gasteiger partial charge in [0.2, 0.25) is 0 Å². The van der Waals surface area contributed by atoms with E-state index in [0.29, 0.717) is 11.2 Å². The van der Waals surface area contributed by atoms with E-state index in [-0.39, 0.29) is 5.69 Å². The molecule has 1 rings (SSSR count). The van der Waals surface area contributed by atoms with Crippen molar-refractivity contribution < 1.29 is 18.0 Å². The highest BCUT2D eigenvalue weighted by Gasteiger charge is 2.35. The predicted molar refractivity (Wildman–Crippen MR) is 63.7 cm³/mol. The highest BCUT2D eigenvalue weighted by atomic mass is 19.4. The van der Waals surface area contributed by atoms with Crippen LogP contribution in [0.4, 0.5) is 13.2 Å². The molecule has 1 aromatic rings. The quantitative estimate of drug-likeness (QED) is 0.821. The van der Waals surface area contributed by atoms with Crippen LogP contribution >= 0.6 is 0 Å². The molecule has 8 heteroatoms. The summed E-state index contributed by atoms with van der Waals surface area (Å²) in [6, 6.07) is 0.751. The van der Waals surface area contributed by atoms with E-state index in [4.69, 9.17) is 0 Å². The Morgan fingerprint density at radius 3 is 2.58 bits per heavy atom. The number of carbonyl (C=O) groups is 1. The number of aryl methyl sites for hydroxylation is 1. The monoisotopic (exact) mass is 278 g/mol. The molecule has 1 heterocycles. The van der Waals surface area contributed by atoms with E-state index < -0.39 is 17.8 Å². The van der Waals surface area contributed by atoms with Gasteiger partial charge < -0.3 is 10.2 Å². The van der Waals surface area contributed by atoms with E-state index in [1.54, 1.807) is 0 Å². The second-order valence-corrected chi connectivity index (χ2v) is 4.45. The summed E-state index contributed by atoms with van der Waals surface area (Å²) in [6.07, 6.45) is -3.79. The number of alkyl halides is 3. The minimum absolute atomic E-state index is 0.223. The van der Waals surface area contributed by atoms with Crippen molar-refractivity contribution in [1.29, 1.82) is 0 Å². The maximum atomic E-state index is 12.5. The third kappa shape index (κ3) is 4.55. The molecule has 0 saturated heterocycles. The Kier molecular flexibility index (Phi) is 4.93. The minimum atomic E-state index is -4.51. The van der Waals surface area contributed by atoms with Crippen molar-refractivity contribution in [3.05, 3.63) is 17.5 Å². The van der Waals surface area contributed by atoms with Gasteiger partial charge in [-0.3, -0.25) is 9.48 Å². The lowest BCUT2D eigenvalue weighted by molar-refractivity contribution is -0.143. The van der Waals surface area contributed by atoms with Crippen LogP contribution in [0.25, 0.3) is 0 Å². The summed E-state index contributed by atoms with van der Waals surface area (Å²) >= 11 is 0. The molecule has 0 unspecified atom stereocenters. The standard InChI is InChI=1S/C11H17F3N4O/c1-17(2)6-4-5-15-10(19)8-7-9(11(12,13)14)18(3)16-8/h7H,4-6H2,1-3H3,(H,15,19). The number of nitrogens with zero attached hydrogens (tertiary/aromatic N) is 3. The molecular weight excluding hydrogens is 261 g/mol. The summed E-state index contributed by atoms with van der Waals surface area (Å²) in [7, 11) is 4.96. The number of aromatic nitrogens is 2. The number of carbonyl (C=O) groups excluding carboxylic acids is 1. The molecule has 0 fully saturated rings. The molecule has 5 nitrogen and oxygen atoms in total. The van der Waals surface area contributed by atoms with Gasteiger partial charge in [-0.25, -0.2) is 0 Å². The van der Waals surface area contributed by atoms with Crippen molar-refractivity contribution in [3.63, 3.8) is 0 Å². The summed E-state index contributed by atoms with van der Waals surface area (Å²) in [5, 5.41) is 6.10. The molecule has 108 valence electrons. The molecule has 1 aromatic heterocycles. The Hall–Kier alpha value is -1.57. The molecular formula is C11H17F3N4O. The zero-order chi connectivity index (χ0) is 14.6. The van der Waals surface area contributed by atoms with E-state index in [2.05, 4.69) is 10.4 Å². The van der Waals surface area contributed by atoms with Crippen LogP contribution in [-0.4, -0.2) is 47.8 Å². The van der Waals surface area contributed by atoms with Gasteiger partial charge in [-0.05, 0) is 27.1 Å². The minimum Gasteiger partial charge on any atom is -0.351 e. The van der Waals surface area contributed by atoms with Crippen LogP contribution in [0.3, 0.4) is 0 Å². The Bertz CT molecular complexity index is 440. The Morgan fingerprint density at radius 1 is 1.47 bits per heavy atom. The first-order valence-electron chi connectivity index (χ1n) is 5.76. The smallest absolute Gasteiger partial charge is 0.351 e. The van der Waals surface area contributed by atoms with Crippen molar-refractivity contribution in [2.24, 2.45) is 7.05 Å². The normalized spacial score (nSPS) is 11.9. The first-order chi connectivity index (χ1) is 8.71. The molecule has 0 radical (unpaired) electrons. The van der Waals surface area contributed by atoms with E-state index in [0.717, 1.165) is 26.1 Å². The largest absolute Gasteiger partial charge is 0.433 e. The van der Waals surface area contributed by atoms with Crippen LogP contribution < -0.4 is 5.32 Å². The molecule has 0 bridgehead atoms. The van der Waals surface area contributed by atoms with Gasteiger partial charge in [0.15, 0.2) is 5.69 Å². The first kappa shape index (κ1) is 15.5. The lowest BCUT2D eigenvalue weighted by Gasteiger charge is -2.09. The molecule has 1 N–H and O–H groups in total. The van der Waals surface area contributed by atoms with Crippen LogP contribution in [-0.2, 0) is 13.2 Å². The van der Waals surface area contributed by atoms with E-state index in [9.17, 15) is 18.0 Å². The van der Waals surface area contributed by atoms with Crippen LogP contribution in [0.2, 0.25) is 0 Å². The molecule has 0 aliphatic rings. The summed E-state index contributed by atoms with van der Waals surface area (Å²) in [5.74, 6) is -0.593. The van der Waals surface area contributed by atoms with Crippen molar-refractivity contribution in [1.82, 2.24) is 20.0 Å². The van der Waals surface area contributed by atoms with Gasteiger partial charge in [-0.1, -0.05) is 0 Å². The van der Waals surface area contributed by atoms with Crippen molar-refractivity contribution in [2.75, 3.05) is 27.2 Å². The zero-order valence-corrected chi connectivity index (χ0v) is 11.1. The molecule has 0 spiro atoms. The van der Waals surface area contributed by atoms with Gasteiger partial charge in [0, 0.05) is 19.7 Å². The Labute approximate surface area is 109 Å². The van der Waals surface area contributed by atoms with Crippen molar-refractivity contribution >= 4 is 5.91 Å². The number of hydrogen-bond donors (Lipinski definition) is 1. The topological polar surface area (TPSA) is 50.2 Å². The SMILES string of the molecule is CN(C)CCCNC(=O)c1cc(C(F)(F)F)n(C)n1. The van der Waals surface area contributed by atoms with Crippen LogP contribution in [0.15, 0.2) is 6.07 Å². The second kappa shape index (κ2) is 6.05. The fraction of sp³-hybridized carbons (Fsp3) is 0.636. The Balaban J connectivity index is 2.59. The molecule has 19 heavy (non-hydrogen) atoms. The fourth-order valence-corrected chi connectivity index (χ4v) is 1.53. The highest BCUT2D eigenvalue weighted by molar-refractivity contribution is 5.92. The Morgan fingerprint density at radius 2 is 2.11 bits per heavy atom. The van der Waals surface area contributed by atoms with Crippen molar-refractivity contribution in [3.8, 4) is 0 Å². The fourth-order valence-electron chi connectivity index (χ4n) is 1.53. The highest BCUT2D eigenvalue weighted by Crippen LogP contribution is 2.29. The van der Waals surface area contributed by atoms with Gasteiger partial charge in [-0.15, -0.1) is 0 Å². The third-order valence-electron chi connectivity index (χ3n) is 2.47. The number of rotatable bonds is 5. The average Bonchev–Trinajstić information content (AvgIpc) is 2.66. The summed E-state index contributed by atoms with van der Waals surface area (Å²) in [5.41, 5.74) is -1.16. The maximum Gasteiger partial charge on any atom is 0.433 e. The van der Waals surface area contributed by atoms with E-state index >= 15 is 0 Å². The van der Waals surface area contributed by atoms with Gasteiger partial charge >= 0.3 is 6.18 Å². The lowest BCUT2D eigenvalue weighted by Crippen LogP contribution is -2.27. The maximum absolute atomic E-state index is 12.5. The summed E-state index contributed by atoms with van der Waals surface area (Å²) in [6.45, 7) is 1.19. The van der Waals surface area contributed by atoms with Crippen LogP contribution in [0, 0.1) is 0 Å². The summed E-state index contributed by atoms with van der Waals surface area (Å²) < 4.78 is 38.2. The molecule has 0 aliphatic carbocycles. The molecule has 0 aromatic carbocycles. The second-order valence-electron chi connectivity index (χ2n) is 4.45. The molecule has 1 amide bonds. The number of hydrogen-bond acceptors (Lipinski definition) is 3. The zero-order valence-electron chi connectivity index (χ0n) is 11.1. The third-order valence-corrected chi connectivity index (χ3v) is 2.47. The lowest BCUT2D eigenvalue weighted by atomic mass is 10.3. The number of amides is 1. The van der Waals surface area contributed by atoms with Gasteiger partial charge in [0.25, 0.3) is 5.91 Å².